The first-order valence-electron chi connectivity index (χ1n) is 7.46. The van der Waals surface area contributed by atoms with E-state index in [1.807, 2.05) is 84.9 Å². The Morgan fingerprint density at radius 1 is 0.783 bits per heavy atom. The van der Waals surface area contributed by atoms with Crippen LogP contribution in [0.3, 0.4) is 0 Å². The third-order valence-corrected chi connectivity index (χ3v) is 3.46. The smallest absolute Gasteiger partial charge is 0.119 e. The van der Waals surface area contributed by atoms with Crippen LogP contribution < -0.4 is 5.32 Å². The Morgan fingerprint density at radius 3 is 2.09 bits per heavy atom. The number of nitrogens with one attached hydrogen (secondary N) is 1. The normalized spacial score (nSPS) is 11.1. The summed E-state index contributed by atoms with van der Waals surface area (Å²) in [6.07, 6.45) is 0. The highest BCUT2D eigenvalue weighted by atomic mass is 16.6. The third-order valence-electron chi connectivity index (χ3n) is 3.46. The van der Waals surface area contributed by atoms with Gasteiger partial charge in [0.15, 0.2) is 0 Å². The molecule has 0 bridgehead atoms. The quantitative estimate of drug-likeness (QED) is 0.541. The molecule has 0 saturated carbocycles. The molecule has 23 heavy (non-hydrogen) atoms. The van der Waals surface area contributed by atoms with Crippen molar-refractivity contribution >= 4 is 17.1 Å². The second kappa shape index (κ2) is 7.27. The topological polar surface area (TPSA) is 33.6 Å². The van der Waals surface area contributed by atoms with Gasteiger partial charge in [-0.05, 0) is 18.2 Å². The molecule has 3 aromatic rings. The van der Waals surface area contributed by atoms with Gasteiger partial charge in [-0.2, -0.15) is 0 Å². The standard InChI is InChI=1S/C20H18N2O/c1-23-22-20(16-10-4-2-5-11-16)18-14-8-9-15-19(18)21-17-12-6-3-7-13-17/h2-15,21H,1H3/b22-20+. The van der Waals surface area contributed by atoms with Crippen LogP contribution in [-0.2, 0) is 4.84 Å². The molecule has 0 aliphatic heterocycles. The van der Waals surface area contributed by atoms with E-state index in [-0.39, 0.29) is 0 Å². The molecule has 3 heteroatoms. The summed E-state index contributed by atoms with van der Waals surface area (Å²) in [6, 6.07) is 28.2. The van der Waals surface area contributed by atoms with Crippen LogP contribution in [0, 0.1) is 0 Å². The van der Waals surface area contributed by atoms with Gasteiger partial charge in [0.05, 0.1) is 0 Å². The van der Waals surface area contributed by atoms with Gasteiger partial charge in [-0.1, -0.05) is 71.9 Å². The zero-order chi connectivity index (χ0) is 15.9. The van der Waals surface area contributed by atoms with Gasteiger partial charge in [-0.15, -0.1) is 0 Å². The van der Waals surface area contributed by atoms with E-state index in [0.29, 0.717) is 0 Å². The predicted molar refractivity (Wildman–Crippen MR) is 95.3 cm³/mol. The number of hydrogen-bond donors (Lipinski definition) is 1. The second-order valence-corrected chi connectivity index (χ2v) is 5.03. The molecule has 3 rings (SSSR count). The first kappa shape index (κ1) is 14.9. The Labute approximate surface area is 136 Å². The summed E-state index contributed by atoms with van der Waals surface area (Å²) >= 11 is 0. The van der Waals surface area contributed by atoms with E-state index in [1.54, 1.807) is 7.11 Å². The minimum atomic E-state index is 0.798. The molecule has 0 aliphatic rings. The van der Waals surface area contributed by atoms with Crippen LogP contribution >= 0.6 is 0 Å². The highest BCUT2D eigenvalue weighted by Gasteiger charge is 2.12. The summed E-state index contributed by atoms with van der Waals surface area (Å²) in [5.74, 6) is 0. The zero-order valence-corrected chi connectivity index (χ0v) is 12.9. The number of benzene rings is 3. The lowest BCUT2D eigenvalue weighted by Crippen LogP contribution is -2.07. The number of rotatable bonds is 5. The van der Waals surface area contributed by atoms with E-state index in [9.17, 15) is 0 Å². The fourth-order valence-electron chi connectivity index (χ4n) is 2.42. The van der Waals surface area contributed by atoms with Gasteiger partial charge in [-0.25, -0.2) is 0 Å². The molecule has 0 unspecified atom stereocenters. The average molecular weight is 302 g/mol. The van der Waals surface area contributed by atoms with Crippen molar-refractivity contribution in [3.05, 3.63) is 96.1 Å². The highest BCUT2D eigenvalue weighted by Crippen LogP contribution is 2.24. The van der Waals surface area contributed by atoms with E-state index in [0.717, 1.165) is 28.2 Å². The highest BCUT2D eigenvalue weighted by molar-refractivity contribution is 6.15. The molecule has 114 valence electrons. The first-order valence-corrected chi connectivity index (χ1v) is 7.46. The van der Waals surface area contributed by atoms with Crippen LogP contribution in [0.1, 0.15) is 11.1 Å². The minimum Gasteiger partial charge on any atom is -0.399 e. The van der Waals surface area contributed by atoms with E-state index >= 15 is 0 Å². The number of anilines is 2. The van der Waals surface area contributed by atoms with Gasteiger partial charge >= 0.3 is 0 Å². The van der Waals surface area contributed by atoms with Crippen molar-refractivity contribution in [1.82, 2.24) is 0 Å². The van der Waals surface area contributed by atoms with Crippen LogP contribution in [0.2, 0.25) is 0 Å². The van der Waals surface area contributed by atoms with Crippen molar-refractivity contribution in [2.45, 2.75) is 0 Å². The Morgan fingerprint density at radius 2 is 1.39 bits per heavy atom. The fourth-order valence-corrected chi connectivity index (χ4v) is 2.42. The average Bonchev–Trinajstić information content (AvgIpc) is 2.62. The van der Waals surface area contributed by atoms with Crippen molar-refractivity contribution in [3.8, 4) is 0 Å². The van der Waals surface area contributed by atoms with Gasteiger partial charge in [0.2, 0.25) is 0 Å². The molecule has 3 aromatic carbocycles. The third kappa shape index (κ3) is 3.58. The largest absolute Gasteiger partial charge is 0.399 e. The molecular weight excluding hydrogens is 284 g/mol. The van der Waals surface area contributed by atoms with E-state index in [1.165, 1.54) is 0 Å². The van der Waals surface area contributed by atoms with Crippen molar-refractivity contribution in [1.29, 1.82) is 0 Å². The fraction of sp³-hybridized carbons (Fsp3) is 0.0500. The second-order valence-electron chi connectivity index (χ2n) is 5.03. The van der Waals surface area contributed by atoms with Crippen molar-refractivity contribution < 1.29 is 4.84 Å². The lowest BCUT2D eigenvalue weighted by atomic mass is 10.0. The van der Waals surface area contributed by atoms with Gasteiger partial charge in [0.1, 0.15) is 12.8 Å². The molecule has 0 saturated heterocycles. The molecule has 3 nitrogen and oxygen atoms in total. The summed E-state index contributed by atoms with van der Waals surface area (Å²) in [7, 11) is 1.57. The van der Waals surface area contributed by atoms with Crippen LogP contribution in [0.5, 0.6) is 0 Å². The first-order chi connectivity index (χ1) is 11.4. The number of para-hydroxylation sites is 2. The molecule has 0 aliphatic carbocycles. The summed E-state index contributed by atoms with van der Waals surface area (Å²) in [5.41, 5.74) is 4.82. The Bertz CT molecular complexity index is 783. The summed E-state index contributed by atoms with van der Waals surface area (Å²) < 4.78 is 0. The van der Waals surface area contributed by atoms with E-state index in [4.69, 9.17) is 4.84 Å². The Balaban J connectivity index is 2.03. The molecule has 0 atom stereocenters. The maximum Gasteiger partial charge on any atom is 0.119 e. The van der Waals surface area contributed by atoms with Crippen molar-refractivity contribution in [3.63, 3.8) is 0 Å². The molecule has 0 amide bonds. The van der Waals surface area contributed by atoms with E-state index in [2.05, 4.69) is 10.5 Å². The predicted octanol–water partition coefficient (Wildman–Crippen LogP) is 4.83. The number of hydrogen-bond acceptors (Lipinski definition) is 3. The lowest BCUT2D eigenvalue weighted by molar-refractivity contribution is 0.214. The molecule has 0 radical (unpaired) electrons. The lowest BCUT2D eigenvalue weighted by Gasteiger charge is -2.14. The Hall–Kier alpha value is -3.07. The summed E-state index contributed by atoms with van der Waals surface area (Å²) in [6.45, 7) is 0. The maximum atomic E-state index is 5.08. The van der Waals surface area contributed by atoms with E-state index < -0.39 is 0 Å². The van der Waals surface area contributed by atoms with Gasteiger partial charge in [0, 0.05) is 22.5 Å². The van der Waals surface area contributed by atoms with Crippen LogP contribution in [0.4, 0.5) is 11.4 Å². The Kier molecular flexibility index (Phi) is 4.69. The van der Waals surface area contributed by atoms with Crippen molar-refractivity contribution in [2.24, 2.45) is 5.16 Å². The van der Waals surface area contributed by atoms with Crippen molar-refractivity contribution in [2.75, 3.05) is 12.4 Å². The summed E-state index contributed by atoms with van der Waals surface area (Å²) in [5, 5.41) is 7.69. The number of oxime groups is 1. The molecule has 0 fully saturated rings. The minimum absolute atomic E-state index is 0.798. The number of nitrogens with zero attached hydrogens (tertiary/aromatic N) is 1. The molecule has 0 heterocycles. The van der Waals surface area contributed by atoms with Crippen LogP contribution in [0.25, 0.3) is 0 Å². The molecular formula is C20H18N2O. The maximum absolute atomic E-state index is 5.08. The SMILES string of the molecule is CO/N=C(\c1ccccc1)c1ccccc1Nc1ccccc1. The zero-order valence-electron chi connectivity index (χ0n) is 12.9. The molecule has 0 aromatic heterocycles. The van der Waals surface area contributed by atoms with Gasteiger partial charge < -0.3 is 10.2 Å². The summed E-state index contributed by atoms with van der Waals surface area (Å²) in [4.78, 5) is 5.08. The van der Waals surface area contributed by atoms with Crippen LogP contribution in [-0.4, -0.2) is 12.8 Å². The molecule has 1 N–H and O–H groups in total. The van der Waals surface area contributed by atoms with Gasteiger partial charge in [-0.3, -0.25) is 0 Å². The monoisotopic (exact) mass is 302 g/mol. The van der Waals surface area contributed by atoms with Crippen LogP contribution in [0.15, 0.2) is 90.1 Å². The van der Waals surface area contributed by atoms with Gasteiger partial charge in [0.25, 0.3) is 0 Å². The molecule has 0 spiro atoms.